The second kappa shape index (κ2) is 4.30. The summed E-state index contributed by atoms with van der Waals surface area (Å²) in [4.78, 5) is 30.0. The Balaban J connectivity index is 1.85. The number of hydrogen-bond donors (Lipinski definition) is 1. The second-order valence-corrected chi connectivity index (χ2v) is 5.45. The van der Waals surface area contributed by atoms with E-state index in [0.717, 1.165) is 0 Å². The number of carbonyl (C=O) groups is 2. The van der Waals surface area contributed by atoms with Crippen LogP contribution in [0.15, 0.2) is 46.8 Å². The van der Waals surface area contributed by atoms with Crippen molar-refractivity contribution in [1.29, 1.82) is 0 Å². The molecular weight excluding hydrogens is 292 g/mol. The van der Waals surface area contributed by atoms with E-state index in [0.29, 0.717) is 21.8 Å². The summed E-state index contributed by atoms with van der Waals surface area (Å²) in [6, 6.07) is 5.00. The summed E-state index contributed by atoms with van der Waals surface area (Å²) in [6.45, 7) is 0. The third-order valence-corrected chi connectivity index (χ3v) is 3.99. The topological polar surface area (TPSA) is 67.8 Å². The molecule has 0 radical (unpaired) electrons. The van der Waals surface area contributed by atoms with Gasteiger partial charge in [0, 0.05) is 16.3 Å². The molecule has 104 valence electrons. The summed E-state index contributed by atoms with van der Waals surface area (Å²) in [6.07, 6.45) is 4.27. The van der Waals surface area contributed by atoms with E-state index >= 15 is 0 Å². The van der Waals surface area contributed by atoms with Crippen LogP contribution in [0.25, 0.3) is 0 Å². The molecule has 0 saturated carbocycles. The predicted molar refractivity (Wildman–Crippen MR) is 77.4 cm³/mol. The van der Waals surface area contributed by atoms with Crippen molar-refractivity contribution in [3.05, 3.63) is 52.2 Å². The first-order chi connectivity index (χ1) is 10.1. The maximum Gasteiger partial charge on any atom is 0.211 e. The maximum atomic E-state index is 12.5. The summed E-state index contributed by atoms with van der Waals surface area (Å²) >= 11 is 5.92. The minimum Gasteiger partial charge on any atom is -0.387 e. The number of fused-ring (bicyclic) bond motifs is 2. The molecule has 0 aromatic heterocycles. The number of allylic oxidation sites excluding steroid dienone is 2. The normalized spacial score (nSPS) is 29.2. The molecule has 2 unspecified atom stereocenters. The number of hydrogen-bond acceptors (Lipinski definition) is 5. The van der Waals surface area contributed by atoms with Crippen LogP contribution in [-0.2, 0) is 9.63 Å². The van der Waals surface area contributed by atoms with E-state index in [9.17, 15) is 9.59 Å². The molecule has 1 N–H and O–H groups in total. The highest BCUT2D eigenvalue weighted by molar-refractivity contribution is 6.32. The lowest BCUT2D eigenvalue weighted by Crippen LogP contribution is -2.31. The van der Waals surface area contributed by atoms with Crippen LogP contribution in [0.3, 0.4) is 0 Å². The summed E-state index contributed by atoms with van der Waals surface area (Å²) in [5.41, 5.74) is 1.67. The van der Waals surface area contributed by atoms with E-state index in [1.807, 2.05) is 0 Å². The lowest BCUT2D eigenvalue weighted by Gasteiger charge is -2.21. The van der Waals surface area contributed by atoms with Gasteiger partial charge in [0.2, 0.25) is 5.78 Å². The molecule has 0 fully saturated rings. The summed E-state index contributed by atoms with van der Waals surface area (Å²) < 4.78 is 0. The number of nitrogens with one attached hydrogen (secondary N) is 1. The first-order valence-corrected chi connectivity index (χ1v) is 6.80. The van der Waals surface area contributed by atoms with Crippen LogP contribution in [-0.4, -0.2) is 23.9 Å². The highest BCUT2D eigenvalue weighted by atomic mass is 35.5. The van der Waals surface area contributed by atoms with Gasteiger partial charge >= 0.3 is 0 Å². The number of ketones is 2. The van der Waals surface area contributed by atoms with Gasteiger partial charge in [0.15, 0.2) is 11.9 Å². The van der Waals surface area contributed by atoms with E-state index in [-0.39, 0.29) is 23.2 Å². The Morgan fingerprint density at radius 1 is 1.29 bits per heavy atom. The van der Waals surface area contributed by atoms with E-state index in [1.165, 1.54) is 6.08 Å². The van der Waals surface area contributed by atoms with Crippen molar-refractivity contribution >= 4 is 35.1 Å². The second-order valence-electron chi connectivity index (χ2n) is 5.01. The monoisotopic (exact) mass is 300 g/mol. The number of rotatable bonds is 0. The fourth-order valence-electron chi connectivity index (χ4n) is 2.74. The third-order valence-electron chi connectivity index (χ3n) is 3.76. The Bertz CT molecular complexity index is 779. The molecule has 2 atom stereocenters. The van der Waals surface area contributed by atoms with Crippen LogP contribution in [0.4, 0.5) is 5.69 Å². The van der Waals surface area contributed by atoms with Crippen LogP contribution < -0.4 is 5.32 Å². The van der Waals surface area contributed by atoms with Crippen LogP contribution >= 0.6 is 11.6 Å². The molecule has 4 rings (SSSR count). The average Bonchev–Trinajstić information content (AvgIpc) is 3.05. The fourth-order valence-corrected chi connectivity index (χ4v) is 2.91. The number of nitrogens with zero attached hydrogens (tertiary/aromatic N) is 1. The van der Waals surface area contributed by atoms with Crippen molar-refractivity contribution < 1.29 is 14.4 Å². The third kappa shape index (κ3) is 1.74. The summed E-state index contributed by atoms with van der Waals surface area (Å²) in [5, 5.41) is 7.23. The zero-order valence-corrected chi connectivity index (χ0v) is 11.4. The van der Waals surface area contributed by atoms with Crippen molar-refractivity contribution in [3.63, 3.8) is 0 Å². The van der Waals surface area contributed by atoms with Crippen LogP contribution in [0, 0.1) is 5.92 Å². The molecular formula is C15H9ClN2O3. The molecule has 6 heteroatoms. The van der Waals surface area contributed by atoms with Crippen molar-refractivity contribution in [2.75, 3.05) is 5.32 Å². The smallest absolute Gasteiger partial charge is 0.211 e. The number of Topliss-reactive ketones (excluding diaryl/α,β-unsaturated/α-hetero) is 1. The quantitative estimate of drug-likeness (QED) is 0.747. The maximum absolute atomic E-state index is 12.5. The van der Waals surface area contributed by atoms with E-state index in [1.54, 1.807) is 30.5 Å². The van der Waals surface area contributed by atoms with Gasteiger partial charge in [-0.05, 0) is 24.3 Å². The number of anilines is 1. The summed E-state index contributed by atoms with van der Waals surface area (Å²) in [5.74, 6) is -0.607. The molecule has 21 heavy (non-hydrogen) atoms. The van der Waals surface area contributed by atoms with Gasteiger partial charge in [0.25, 0.3) is 0 Å². The Morgan fingerprint density at radius 3 is 3.00 bits per heavy atom. The van der Waals surface area contributed by atoms with E-state index in [2.05, 4.69) is 10.5 Å². The van der Waals surface area contributed by atoms with Gasteiger partial charge in [-0.2, -0.15) is 0 Å². The first kappa shape index (κ1) is 12.3. The highest BCUT2D eigenvalue weighted by Crippen LogP contribution is 2.36. The lowest BCUT2D eigenvalue weighted by molar-refractivity contribution is -0.113. The Kier molecular flexibility index (Phi) is 2.53. The van der Waals surface area contributed by atoms with Crippen LogP contribution in [0.5, 0.6) is 0 Å². The number of benzene rings is 1. The van der Waals surface area contributed by atoms with Gasteiger partial charge in [-0.15, -0.1) is 0 Å². The number of carbonyl (C=O) groups excluding carboxylic acids is 2. The van der Waals surface area contributed by atoms with Crippen molar-refractivity contribution in [2.45, 2.75) is 6.10 Å². The SMILES string of the molecule is O=C1C=CC2C=NOC2C1=C1Nc2ccc(Cl)cc2C1=O. The van der Waals surface area contributed by atoms with Gasteiger partial charge in [0.1, 0.15) is 0 Å². The lowest BCUT2D eigenvalue weighted by atomic mass is 9.86. The molecule has 2 aliphatic heterocycles. The summed E-state index contributed by atoms with van der Waals surface area (Å²) in [7, 11) is 0. The average molecular weight is 301 g/mol. The largest absolute Gasteiger partial charge is 0.387 e. The van der Waals surface area contributed by atoms with Crippen LogP contribution in [0.1, 0.15) is 10.4 Å². The Labute approximate surface area is 124 Å². The van der Waals surface area contributed by atoms with E-state index < -0.39 is 6.10 Å². The molecule has 5 nitrogen and oxygen atoms in total. The number of halogens is 1. The molecule has 1 aliphatic carbocycles. The molecule has 3 aliphatic rings. The molecule has 0 saturated heterocycles. The van der Waals surface area contributed by atoms with Crippen LogP contribution in [0.2, 0.25) is 5.02 Å². The van der Waals surface area contributed by atoms with Gasteiger partial charge in [-0.3, -0.25) is 9.59 Å². The van der Waals surface area contributed by atoms with Gasteiger partial charge in [0.05, 0.1) is 23.4 Å². The van der Waals surface area contributed by atoms with Crippen molar-refractivity contribution in [1.82, 2.24) is 0 Å². The van der Waals surface area contributed by atoms with Gasteiger partial charge in [-0.25, -0.2) is 0 Å². The van der Waals surface area contributed by atoms with Crippen molar-refractivity contribution in [2.24, 2.45) is 11.1 Å². The number of oxime groups is 1. The Morgan fingerprint density at radius 2 is 2.14 bits per heavy atom. The fraction of sp³-hybridized carbons (Fsp3) is 0.133. The highest BCUT2D eigenvalue weighted by Gasteiger charge is 2.40. The zero-order chi connectivity index (χ0) is 14.6. The molecule has 0 amide bonds. The molecule has 0 bridgehead atoms. The first-order valence-electron chi connectivity index (χ1n) is 6.42. The predicted octanol–water partition coefficient (Wildman–Crippen LogP) is 2.34. The zero-order valence-electron chi connectivity index (χ0n) is 10.7. The van der Waals surface area contributed by atoms with Crippen molar-refractivity contribution in [3.8, 4) is 0 Å². The minimum atomic E-state index is -0.543. The minimum absolute atomic E-state index is 0.118. The van der Waals surface area contributed by atoms with Gasteiger partial charge < -0.3 is 10.2 Å². The molecule has 0 spiro atoms. The molecule has 1 aromatic rings. The Hall–Kier alpha value is -2.40. The van der Waals surface area contributed by atoms with E-state index in [4.69, 9.17) is 16.4 Å². The molecule has 1 aromatic carbocycles. The van der Waals surface area contributed by atoms with Gasteiger partial charge in [-0.1, -0.05) is 22.8 Å². The molecule has 2 heterocycles. The standard InChI is InChI=1S/C15H9ClN2O3/c16-8-2-3-10-9(5-8)14(20)13(18-10)12-11(19)4-1-7-6-17-21-15(7)12/h1-7,15,18H.